The number of anilines is 2. The highest BCUT2D eigenvalue weighted by Gasteiger charge is 2.29. The van der Waals surface area contributed by atoms with E-state index in [4.69, 9.17) is 0 Å². The lowest BCUT2D eigenvalue weighted by Crippen LogP contribution is -2.32. The van der Waals surface area contributed by atoms with E-state index >= 15 is 0 Å². The molecule has 1 heterocycles. The van der Waals surface area contributed by atoms with Crippen molar-refractivity contribution in [1.29, 1.82) is 0 Å². The summed E-state index contributed by atoms with van der Waals surface area (Å²) in [7, 11) is -1.46. The number of hydrogen-bond donors (Lipinski definition) is 1. The highest BCUT2D eigenvalue weighted by Crippen LogP contribution is 2.32. The monoisotopic (exact) mass is 494 g/mol. The van der Waals surface area contributed by atoms with E-state index in [1.165, 1.54) is 0 Å². The van der Waals surface area contributed by atoms with Crippen molar-refractivity contribution in [2.45, 2.75) is 38.0 Å². The van der Waals surface area contributed by atoms with Gasteiger partial charge in [-0.15, -0.1) is 0 Å². The normalized spacial score (nSPS) is 13.5. The van der Waals surface area contributed by atoms with Gasteiger partial charge in [0.1, 0.15) is 5.82 Å². The third-order valence-electron chi connectivity index (χ3n) is 6.03. The Morgan fingerprint density at radius 2 is 1.74 bits per heavy atom. The number of carbonyl (C=O) groups is 2. The van der Waals surface area contributed by atoms with Crippen molar-refractivity contribution in [2.75, 3.05) is 22.5 Å². The van der Waals surface area contributed by atoms with Gasteiger partial charge in [-0.2, -0.15) is 5.10 Å². The van der Waals surface area contributed by atoms with Crippen molar-refractivity contribution in [2.24, 2.45) is 13.0 Å². The zero-order chi connectivity index (χ0) is 25.2. The number of nitrogens with zero attached hydrogens (tertiary/aromatic N) is 3. The van der Waals surface area contributed by atoms with Gasteiger partial charge in [0, 0.05) is 30.9 Å². The molecule has 184 valence electrons. The van der Waals surface area contributed by atoms with Gasteiger partial charge in [0.05, 0.1) is 22.8 Å². The summed E-state index contributed by atoms with van der Waals surface area (Å²) in [6, 6.07) is 15.1. The first kappa shape index (κ1) is 24.7. The molecule has 0 saturated heterocycles. The van der Waals surface area contributed by atoms with Crippen LogP contribution in [-0.4, -0.2) is 42.3 Å². The molecular formula is C26H30N4O4S. The average Bonchev–Trinajstić information content (AvgIpc) is 3.56. The van der Waals surface area contributed by atoms with Crippen LogP contribution >= 0.6 is 0 Å². The fraction of sp³-hybridized carbons (Fsp3) is 0.346. The molecule has 35 heavy (non-hydrogen) atoms. The average molecular weight is 495 g/mol. The number of hydrogen-bond acceptors (Lipinski definition) is 5. The van der Waals surface area contributed by atoms with Crippen LogP contribution in [0, 0.1) is 12.8 Å². The summed E-state index contributed by atoms with van der Waals surface area (Å²) in [5.41, 5.74) is 2.65. The molecule has 0 spiro atoms. The quantitative estimate of drug-likeness (QED) is 0.488. The lowest BCUT2D eigenvalue weighted by molar-refractivity contribution is -0.115. The smallest absolute Gasteiger partial charge is 0.259 e. The lowest BCUT2D eigenvalue weighted by Gasteiger charge is -2.20. The molecule has 9 heteroatoms. The SMILES string of the molecule is CCN(C(=O)c1ccc(NC(=O)Cc2ccc(S(=O)(=O)CC3CC3)cc2)cc1)c1cc(C)nn1C. The summed E-state index contributed by atoms with van der Waals surface area (Å²) in [6.07, 6.45) is 2.08. The number of nitrogens with one attached hydrogen (secondary N) is 1. The number of rotatable bonds is 9. The van der Waals surface area contributed by atoms with Crippen LogP contribution in [0.25, 0.3) is 0 Å². The minimum Gasteiger partial charge on any atom is -0.326 e. The molecule has 1 N–H and O–H groups in total. The Kier molecular flexibility index (Phi) is 7.07. The third kappa shape index (κ3) is 5.97. The summed E-state index contributed by atoms with van der Waals surface area (Å²) in [6.45, 7) is 4.28. The van der Waals surface area contributed by atoms with Crippen molar-refractivity contribution < 1.29 is 18.0 Å². The number of amides is 2. The summed E-state index contributed by atoms with van der Waals surface area (Å²) in [5.74, 6) is 0.835. The highest BCUT2D eigenvalue weighted by molar-refractivity contribution is 7.91. The molecule has 8 nitrogen and oxygen atoms in total. The van der Waals surface area contributed by atoms with Crippen molar-refractivity contribution in [3.05, 3.63) is 71.4 Å². The van der Waals surface area contributed by atoms with Crippen molar-refractivity contribution in [1.82, 2.24) is 9.78 Å². The predicted octanol–water partition coefficient (Wildman–Crippen LogP) is 3.76. The molecule has 3 aromatic rings. The predicted molar refractivity (Wildman–Crippen MR) is 135 cm³/mol. The van der Waals surface area contributed by atoms with Gasteiger partial charge in [-0.05, 0) is 74.6 Å². The lowest BCUT2D eigenvalue weighted by atomic mass is 10.1. The van der Waals surface area contributed by atoms with Crippen LogP contribution in [-0.2, 0) is 28.1 Å². The van der Waals surface area contributed by atoms with E-state index in [0.29, 0.717) is 22.7 Å². The summed E-state index contributed by atoms with van der Waals surface area (Å²) in [5, 5.41) is 7.14. The summed E-state index contributed by atoms with van der Waals surface area (Å²) >= 11 is 0. The third-order valence-corrected chi connectivity index (χ3v) is 7.93. The minimum absolute atomic E-state index is 0.118. The van der Waals surface area contributed by atoms with E-state index in [1.807, 2.05) is 19.9 Å². The molecule has 0 aliphatic heterocycles. The van der Waals surface area contributed by atoms with Crippen molar-refractivity contribution in [3.8, 4) is 0 Å². The maximum atomic E-state index is 13.0. The van der Waals surface area contributed by atoms with E-state index in [-0.39, 0.29) is 29.9 Å². The maximum absolute atomic E-state index is 13.0. The van der Waals surface area contributed by atoms with Gasteiger partial charge in [-0.25, -0.2) is 8.42 Å². The molecule has 1 aliphatic carbocycles. The number of aromatic nitrogens is 2. The van der Waals surface area contributed by atoms with E-state index in [1.54, 1.807) is 65.2 Å². The minimum atomic E-state index is -3.27. The molecule has 4 rings (SSSR count). The Morgan fingerprint density at radius 3 is 2.29 bits per heavy atom. The van der Waals surface area contributed by atoms with Crippen LogP contribution < -0.4 is 10.2 Å². The fourth-order valence-corrected chi connectivity index (χ4v) is 5.70. The highest BCUT2D eigenvalue weighted by atomic mass is 32.2. The summed E-state index contributed by atoms with van der Waals surface area (Å²) in [4.78, 5) is 27.5. The Bertz CT molecular complexity index is 1320. The van der Waals surface area contributed by atoms with Crippen molar-refractivity contribution >= 4 is 33.2 Å². The summed E-state index contributed by atoms with van der Waals surface area (Å²) < 4.78 is 26.4. The van der Waals surface area contributed by atoms with E-state index < -0.39 is 9.84 Å². The second kappa shape index (κ2) is 10.0. The second-order valence-corrected chi connectivity index (χ2v) is 11.0. The Morgan fingerprint density at radius 1 is 1.09 bits per heavy atom. The fourth-order valence-electron chi connectivity index (χ4n) is 4.01. The van der Waals surface area contributed by atoms with Crippen LogP contribution in [0.3, 0.4) is 0 Å². The molecule has 2 amide bonds. The van der Waals surface area contributed by atoms with Gasteiger partial charge in [0.2, 0.25) is 5.91 Å². The zero-order valence-electron chi connectivity index (χ0n) is 20.2. The number of sulfone groups is 1. The molecule has 0 unspecified atom stereocenters. The zero-order valence-corrected chi connectivity index (χ0v) is 21.0. The van der Waals surface area contributed by atoms with Gasteiger partial charge in [0.15, 0.2) is 9.84 Å². The molecule has 0 bridgehead atoms. The standard InChI is InChI=1S/C26H30N4O4S/c1-4-30(25-15-18(2)28-29(25)3)26(32)21-9-11-22(12-10-21)27-24(31)16-19-7-13-23(14-8-19)35(33,34)17-20-5-6-20/h7-15,20H,4-6,16-17H2,1-3H3,(H,27,31). The van der Waals surface area contributed by atoms with E-state index in [0.717, 1.165) is 29.9 Å². The Labute approximate surface area is 205 Å². The topological polar surface area (TPSA) is 101 Å². The first-order valence-corrected chi connectivity index (χ1v) is 13.4. The van der Waals surface area contributed by atoms with Gasteiger partial charge < -0.3 is 5.32 Å². The number of benzene rings is 2. The van der Waals surface area contributed by atoms with Crippen LogP contribution in [0.1, 0.15) is 41.4 Å². The number of carbonyl (C=O) groups excluding carboxylic acids is 2. The van der Waals surface area contributed by atoms with Crippen LogP contribution in [0.15, 0.2) is 59.5 Å². The van der Waals surface area contributed by atoms with E-state index in [9.17, 15) is 18.0 Å². The van der Waals surface area contributed by atoms with Gasteiger partial charge in [-0.1, -0.05) is 12.1 Å². The molecular weight excluding hydrogens is 464 g/mol. The van der Waals surface area contributed by atoms with Crippen LogP contribution in [0.2, 0.25) is 0 Å². The Balaban J connectivity index is 1.36. The largest absolute Gasteiger partial charge is 0.326 e. The van der Waals surface area contributed by atoms with Crippen LogP contribution in [0.5, 0.6) is 0 Å². The molecule has 1 aromatic heterocycles. The first-order chi connectivity index (χ1) is 16.7. The molecule has 0 atom stereocenters. The molecule has 0 radical (unpaired) electrons. The molecule has 1 saturated carbocycles. The first-order valence-electron chi connectivity index (χ1n) is 11.7. The van der Waals surface area contributed by atoms with Gasteiger partial charge in [-0.3, -0.25) is 19.2 Å². The Hall–Kier alpha value is -3.46. The molecule has 1 aliphatic rings. The number of aryl methyl sites for hydroxylation is 2. The van der Waals surface area contributed by atoms with Crippen LogP contribution in [0.4, 0.5) is 11.5 Å². The molecule has 1 fully saturated rings. The van der Waals surface area contributed by atoms with Crippen molar-refractivity contribution in [3.63, 3.8) is 0 Å². The maximum Gasteiger partial charge on any atom is 0.259 e. The van der Waals surface area contributed by atoms with Gasteiger partial charge in [0.25, 0.3) is 5.91 Å². The molecule has 2 aromatic carbocycles. The second-order valence-electron chi connectivity index (χ2n) is 8.99. The van der Waals surface area contributed by atoms with Gasteiger partial charge >= 0.3 is 0 Å². The van der Waals surface area contributed by atoms with E-state index in [2.05, 4.69) is 10.4 Å².